The van der Waals surface area contributed by atoms with E-state index in [9.17, 15) is 8.42 Å². The van der Waals surface area contributed by atoms with Crippen molar-refractivity contribution < 1.29 is 17.3 Å². The summed E-state index contributed by atoms with van der Waals surface area (Å²) in [6, 6.07) is 5.96. The molecule has 0 spiro atoms. The number of ether oxygens (including phenoxy) is 1. The van der Waals surface area contributed by atoms with Gasteiger partial charge in [0.15, 0.2) is 0 Å². The summed E-state index contributed by atoms with van der Waals surface area (Å²) in [5, 5.41) is 0. The molecular formula is C10H15NO4S. The van der Waals surface area contributed by atoms with E-state index in [-0.39, 0.29) is 11.5 Å². The van der Waals surface area contributed by atoms with Crippen LogP contribution in [0.25, 0.3) is 0 Å². The first-order valence-electron chi connectivity index (χ1n) is 4.73. The molecule has 0 saturated carbocycles. The summed E-state index contributed by atoms with van der Waals surface area (Å²) in [5.74, 6) is 0. The number of hydrogen-bond donors (Lipinski definition) is 1. The van der Waals surface area contributed by atoms with Crippen LogP contribution in [-0.4, -0.2) is 28.2 Å². The Hall–Kier alpha value is -1.11. The highest BCUT2D eigenvalue weighted by atomic mass is 32.2. The molecule has 0 aliphatic rings. The van der Waals surface area contributed by atoms with E-state index >= 15 is 0 Å². The van der Waals surface area contributed by atoms with Crippen molar-refractivity contribution in [2.24, 2.45) is 0 Å². The predicted molar refractivity (Wildman–Crippen MR) is 60.5 cm³/mol. The molecule has 0 aliphatic heterocycles. The fourth-order valence-electron chi connectivity index (χ4n) is 1.20. The lowest BCUT2D eigenvalue weighted by molar-refractivity contribution is 0.0962. The summed E-state index contributed by atoms with van der Waals surface area (Å²) in [5.41, 5.74) is 5.88. The van der Waals surface area contributed by atoms with Crippen molar-refractivity contribution in [2.45, 2.75) is 17.9 Å². The van der Waals surface area contributed by atoms with Gasteiger partial charge in [0.05, 0.1) is 17.6 Å². The number of nitrogens with two attached hydrogens (primary N) is 1. The summed E-state index contributed by atoms with van der Waals surface area (Å²) in [4.78, 5) is 0.0513. The van der Waals surface area contributed by atoms with Crippen LogP contribution in [0.2, 0.25) is 0 Å². The third-order valence-electron chi connectivity index (χ3n) is 1.84. The first-order chi connectivity index (χ1) is 7.45. The SMILES string of the molecule is COCC(C)OS(=O)(=O)c1cccc(N)c1. The van der Waals surface area contributed by atoms with Crippen LogP contribution < -0.4 is 5.73 Å². The Kier molecular flexibility index (Phi) is 4.28. The number of anilines is 1. The first-order valence-corrected chi connectivity index (χ1v) is 6.14. The molecule has 0 saturated heterocycles. The van der Waals surface area contributed by atoms with Gasteiger partial charge in [-0.2, -0.15) is 8.42 Å². The average molecular weight is 245 g/mol. The van der Waals surface area contributed by atoms with Gasteiger partial charge in [0.1, 0.15) is 0 Å². The molecular weight excluding hydrogens is 230 g/mol. The maximum atomic E-state index is 11.7. The van der Waals surface area contributed by atoms with Gasteiger partial charge in [-0.05, 0) is 25.1 Å². The Morgan fingerprint density at radius 2 is 2.12 bits per heavy atom. The van der Waals surface area contributed by atoms with E-state index in [1.165, 1.54) is 19.2 Å². The lowest BCUT2D eigenvalue weighted by Crippen LogP contribution is -2.20. The molecule has 1 aromatic carbocycles. The van der Waals surface area contributed by atoms with Crippen molar-refractivity contribution in [3.8, 4) is 0 Å². The Bertz CT molecular complexity index is 444. The minimum absolute atomic E-state index is 0.0513. The molecule has 90 valence electrons. The van der Waals surface area contributed by atoms with Crippen molar-refractivity contribution in [1.82, 2.24) is 0 Å². The molecule has 1 unspecified atom stereocenters. The van der Waals surface area contributed by atoms with E-state index in [2.05, 4.69) is 0 Å². The van der Waals surface area contributed by atoms with Crippen molar-refractivity contribution in [3.63, 3.8) is 0 Å². The van der Waals surface area contributed by atoms with Crippen LogP contribution in [0.1, 0.15) is 6.92 Å². The molecule has 0 aromatic heterocycles. The molecule has 2 N–H and O–H groups in total. The summed E-state index contributed by atoms with van der Waals surface area (Å²) in [6.45, 7) is 1.83. The van der Waals surface area contributed by atoms with E-state index < -0.39 is 16.2 Å². The van der Waals surface area contributed by atoms with Crippen molar-refractivity contribution in [1.29, 1.82) is 0 Å². The molecule has 1 aromatic rings. The zero-order valence-electron chi connectivity index (χ0n) is 9.21. The second-order valence-electron chi connectivity index (χ2n) is 3.39. The largest absolute Gasteiger partial charge is 0.399 e. The normalized spacial score (nSPS) is 13.6. The quantitative estimate of drug-likeness (QED) is 0.618. The highest BCUT2D eigenvalue weighted by molar-refractivity contribution is 7.86. The van der Waals surface area contributed by atoms with Crippen LogP contribution in [-0.2, 0) is 19.0 Å². The van der Waals surface area contributed by atoms with Crippen molar-refractivity contribution >= 4 is 15.8 Å². The maximum absolute atomic E-state index is 11.7. The van der Waals surface area contributed by atoms with Crippen LogP contribution in [0, 0.1) is 0 Å². The minimum atomic E-state index is -3.76. The molecule has 0 aliphatic carbocycles. The standard InChI is InChI=1S/C10H15NO4S/c1-8(7-14-2)15-16(12,13)10-5-3-4-9(11)6-10/h3-6,8H,7,11H2,1-2H3. The van der Waals surface area contributed by atoms with Gasteiger partial charge < -0.3 is 10.5 Å². The van der Waals surface area contributed by atoms with Crippen LogP contribution in [0.3, 0.4) is 0 Å². The Morgan fingerprint density at radius 3 is 2.69 bits per heavy atom. The monoisotopic (exact) mass is 245 g/mol. The summed E-state index contributed by atoms with van der Waals surface area (Å²) in [6.07, 6.45) is -0.531. The highest BCUT2D eigenvalue weighted by Gasteiger charge is 2.18. The van der Waals surface area contributed by atoms with Crippen molar-refractivity contribution in [3.05, 3.63) is 24.3 Å². The topological polar surface area (TPSA) is 78.6 Å². The third kappa shape index (κ3) is 3.48. The summed E-state index contributed by atoms with van der Waals surface area (Å²) in [7, 11) is -2.29. The average Bonchev–Trinajstić information content (AvgIpc) is 2.17. The highest BCUT2D eigenvalue weighted by Crippen LogP contribution is 2.16. The zero-order valence-corrected chi connectivity index (χ0v) is 10.0. The smallest absolute Gasteiger partial charge is 0.297 e. The molecule has 0 bridgehead atoms. The summed E-state index contributed by atoms with van der Waals surface area (Å²) < 4.78 is 33.2. The van der Waals surface area contributed by atoms with Crippen LogP contribution in [0.5, 0.6) is 0 Å². The van der Waals surface area contributed by atoms with E-state index in [0.29, 0.717) is 5.69 Å². The third-order valence-corrected chi connectivity index (χ3v) is 3.25. The number of rotatable bonds is 5. The molecule has 1 atom stereocenters. The number of nitrogen functional groups attached to an aromatic ring is 1. The molecule has 16 heavy (non-hydrogen) atoms. The minimum Gasteiger partial charge on any atom is -0.399 e. The van der Waals surface area contributed by atoms with E-state index in [4.69, 9.17) is 14.7 Å². The van der Waals surface area contributed by atoms with Gasteiger partial charge in [-0.15, -0.1) is 0 Å². The lowest BCUT2D eigenvalue weighted by Gasteiger charge is -2.12. The molecule has 1 rings (SSSR count). The van der Waals surface area contributed by atoms with Gasteiger partial charge in [0.25, 0.3) is 10.1 Å². The molecule has 0 amide bonds. The fourth-order valence-corrected chi connectivity index (χ4v) is 2.33. The second-order valence-corrected chi connectivity index (χ2v) is 4.96. The second kappa shape index (κ2) is 5.29. The van der Waals surface area contributed by atoms with Gasteiger partial charge in [0.2, 0.25) is 0 Å². The molecule has 0 fully saturated rings. The molecule has 0 heterocycles. The van der Waals surface area contributed by atoms with E-state index in [1.54, 1.807) is 19.1 Å². The summed E-state index contributed by atoms with van der Waals surface area (Å²) >= 11 is 0. The van der Waals surface area contributed by atoms with Gasteiger partial charge >= 0.3 is 0 Å². The zero-order chi connectivity index (χ0) is 12.2. The van der Waals surface area contributed by atoms with E-state index in [1.807, 2.05) is 0 Å². The lowest BCUT2D eigenvalue weighted by atomic mass is 10.3. The molecule has 0 radical (unpaired) electrons. The Labute approximate surface area is 95.3 Å². The van der Waals surface area contributed by atoms with Crippen LogP contribution in [0.15, 0.2) is 29.2 Å². The number of hydrogen-bond acceptors (Lipinski definition) is 5. The van der Waals surface area contributed by atoms with Crippen LogP contribution in [0.4, 0.5) is 5.69 Å². The van der Waals surface area contributed by atoms with Crippen molar-refractivity contribution in [2.75, 3.05) is 19.5 Å². The molecule has 6 heteroatoms. The van der Waals surface area contributed by atoms with Gasteiger partial charge in [0, 0.05) is 12.8 Å². The van der Waals surface area contributed by atoms with E-state index in [0.717, 1.165) is 0 Å². The van der Waals surface area contributed by atoms with Gasteiger partial charge in [-0.3, -0.25) is 4.18 Å². The Morgan fingerprint density at radius 1 is 1.44 bits per heavy atom. The first kappa shape index (κ1) is 13.0. The van der Waals surface area contributed by atoms with Gasteiger partial charge in [-0.1, -0.05) is 6.07 Å². The predicted octanol–water partition coefficient (Wildman–Crippen LogP) is 1.01. The maximum Gasteiger partial charge on any atom is 0.297 e. The van der Waals surface area contributed by atoms with Crippen LogP contribution >= 0.6 is 0 Å². The Balaban J connectivity index is 2.86. The van der Waals surface area contributed by atoms with Gasteiger partial charge in [-0.25, -0.2) is 0 Å². The number of benzene rings is 1. The number of methoxy groups -OCH3 is 1. The molecule has 5 nitrogen and oxygen atoms in total. The fraction of sp³-hybridized carbons (Fsp3) is 0.400.